The number of benzene rings is 2. The lowest BCUT2D eigenvalue weighted by Gasteiger charge is -2.04. The molecule has 0 saturated carbocycles. The molecule has 0 aromatic heterocycles. The van der Waals surface area contributed by atoms with E-state index in [1.54, 1.807) is 24.3 Å². The zero-order valence-electron chi connectivity index (χ0n) is 14.5. The summed E-state index contributed by atoms with van der Waals surface area (Å²) in [7, 11) is -7.70. The number of hydrogen-bond donors (Lipinski definition) is 0. The van der Waals surface area contributed by atoms with Gasteiger partial charge in [-0.1, -0.05) is 47.5 Å². The first-order valence-corrected chi connectivity index (χ1v) is 10.6. The molecule has 0 aliphatic carbocycles. The molecule has 0 fully saturated rings. The quantitative estimate of drug-likeness (QED) is 0.504. The van der Waals surface area contributed by atoms with Gasteiger partial charge in [0.25, 0.3) is 20.2 Å². The van der Waals surface area contributed by atoms with Crippen molar-refractivity contribution >= 4 is 20.2 Å². The van der Waals surface area contributed by atoms with Crippen LogP contribution in [0.4, 0.5) is 0 Å². The summed E-state index contributed by atoms with van der Waals surface area (Å²) in [6, 6.07) is 12.6. The fraction of sp³-hybridized carbons (Fsp3) is 0.222. The standard InChI is InChI=1S/C18H20O6S2/c1-15-5-9-17(10-6-15)25(19,20)23-13-3-4-14-24-26(21,22)18-11-7-16(2)8-12-18/h3-12H,13-14H2,1-2H3/b4-3+. The molecular weight excluding hydrogens is 376 g/mol. The topological polar surface area (TPSA) is 86.7 Å². The number of rotatable bonds is 8. The molecule has 0 spiro atoms. The van der Waals surface area contributed by atoms with Crippen molar-refractivity contribution in [3.8, 4) is 0 Å². The molecule has 2 aromatic carbocycles. The second-order valence-corrected chi connectivity index (χ2v) is 8.81. The maximum atomic E-state index is 12.0. The zero-order chi connectivity index (χ0) is 19.2. The van der Waals surface area contributed by atoms with Gasteiger partial charge in [0, 0.05) is 0 Å². The minimum atomic E-state index is -3.85. The summed E-state index contributed by atoms with van der Waals surface area (Å²) in [6.45, 7) is 3.27. The molecule has 0 saturated heterocycles. The van der Waals surface area contributed by atoms with Crippen LogP contribution in [-0.4, -0.2) is 30.0 Å². The van der Waals surface area contributed by atoms with Crippen LogP contribution in [0.1, 0.15) is 11.1 Å². The van der Waals surface area contributed by atoms with Crippen molar-refractivity contribution in [1.29, 1.82) is 0 Å². The van der Waals surface area contributed by atoms with E-state index in [0.717, 1.165) is 11.1 Å². The monoisotopic (exact) mass is 396 g/mol. The Hall–Kier alpha value is -2.00. The van der Waals surface area contributed by atoms with Gasteiger partial charge in [-0.25, -0.2) is 0 Å². The number of hydrogen-bond acceptors (Lipinski definition) is 6. The highest BCUT2D eigenvalue weighted by atomic mass is 32.2. The average molecular weight is 396 g/mol. The van der Waals surface area contributed by atoms with Crippen LogP contribution in [0, 0.1) is 13.8 Å². The number of aryl methyl sites for hydroxylation is 2. The summed E-state index contributed by atoms with van der Waals surface area (Å²) in [6.07, 6.45) is 2.77. The van der Waals surface area contributed by atoms with E-state index in [9.17, 15) is 16.8 Å². The van der Waals surface area contributed by atoms with Gasteiger partial charge in [-0.15, -0.1) is 0 Å². The third-order valence-electron chi connectivity index (χ3n) is 3.42. The van der Waals surface area contributed by atoms with Crippen molar-refractivity contribution in [1.82, 2.24) is 0 Å². The van der Waals surface area contributed by atoms with Crippen molar-refractivity contribution in [2.45, 2.75) is 23.6 Å². The third kappa shape index (κ3) is 5.77. The first-order chi connectivity index (χ1) is 12.2. The van der Waals surface area contributed by atoms with Crippen LogP contribution < -0.4 is 0 Å². The Kier molecular flexibility index (Phi) is 6.71. The van der Waals surface area contributed by atoms with Gasteiger partial charge in [-0.3, -0.25) is 8.37 Å². The van der Waals surface area contributed by atoms with Gasteiger partial charge in [0.05, 0.1) is 23.0 Å². The molecule has 2 aromatic rings. The molecule has 2 rings (SSSR count). The predicted molar refractivity (Wildman–Crippen MR) is 97.8 cm³/mol. The third-order valence-corrected chi connectivity index (χ3v) is 6.02. The Bertz CT molecular complexity index is 876. The van der Waals surface area contributed by atoms with Gasteiger partial charge in [-0.2, -0.15) is 16.8 Å². The highest BCUT2D eigenvalue weighted by Crippen LogP contribution is 2.14. The lowest BCUT2D eigenvalue weighted by Crippen LogP contribution is -2.08. The second kappa shape index (κ2) is 8.59. The molecular formula is C18H20O6S2. The van der Waals surface area contributed by atoms with Crippen LogP contribution in [0.3, 0.4) is 0 Å². The maximum Gasteiger partial charge on any atom is 0.297 e. The molecule has 0 amide bonds. The largest absolute Gasteiger partial charge is 0.297 e. The lowest BCUT2D eigenvalue weighted by atomic mass is 10.2. The van der Waals surface area contributed by atoms with Crippen molar-refractivity contribution in [3.63, 3.8) is 0 Å². The van der Waals surface area contributed by atoms with Crippen LogP contribution in [0.5, 0.6) is 0 Å². The van der Waals surface area contributed by atoms with Gasteiger partial charge in [0.1, 0.15) is 0 Å². The van der Waals surface area contributed by atoms with Gasteiger partial charge < -0.3 is 0 Å². The van der Waals surface area contributed by atoms with Gasteiger partial charge in [-0.05, 0) is 38.1 Å². The van der Waals surface area contributed by atoms with Gasteiger partial charge in [0.15, 0.2) is 0 Å². The SMILES string of the molecule is Cc1ccc(S(=O)(=O)OC/C=C/COS(=O)(=O)c2ccc(C)cc2)cc1. The molecule has 0 aliphatic rings. The fourth-order valence-corrected chi connectivity index (χ4v) is 3.67. The molecule has 6 nitrogen and oxygen atoms in total. The fourth-order valence-electron chi connectivity index (χ4n) is 1.94. The summed E-state index contributed by atoms with van der Waals surface area (Å²) < 4.78 is 57.6. The summed E-state index contributed by atoms with van der Waals surface area (Å²) in [4.78, 5) is 0.129. The Labute approximate surface area is 154 Å². The molecule has 0 bridgehead atoms. The minimum absolute atomic E-state index is 0.0645. The van der Waals surface area contributed by atoms with Crippen LogP contribution in [-0.2, 0) is 28.6 Å². The van der Waals surface area contributed by atoms with Gasteiger partial charge >= 0.3 is 0 Å². The summed E-state index contributed by atoms with van der Waals surface area (Å²) in [5, 5.41) is 0. The zero-order valence-corrected chi connectivity index (χ0v) is 16.1. The van der Waals surface area contributed by atoms with Gasteiger partial charge in [0.2, 0.25) is 0 Å². The van der Waals surface area contributed by atoms with E-state index in [1.165, 1.54) is 36.4 Å². The molecule has 140 valence electrons. The molecule has 8 heteroatoms. The molecule has 0 heterocycles. The van der Waals surface area contributed by atoms with E-state index in [2.05, 4.69) is 0 Å². The van der Waals surface area contributed by atoms with Crippen LogP contribution in [0.25, 0.3) is 0 Å². The van der Waals surface area contributed by atoms with Crippen molar-refractivity contribution in [2.75, 3.05) is 13.2 Å². The van der Waals surface area contributed by atoms with Crippen LogP contribution in [0.2, 0.25) is 0 Å². The Morgan fingerprint density at radius 2 is 0.962 bits per heavy atom. The van der Waals surface area contributed by atoms with E-state index >= 15 is 0 Å². The summed E-state index contributed by atoms with van der Waals surface area (Å²) >= 11 is 0. The Morgan fingerprint density at radius 3 is 1.27 bits per heavy atom. The van der Waals surface area contributed by atoms with E-state index < -0.39 is 20.2 Å². The van der Waals surface area contributed by atoms with Crippen molar-refractivity contribution < 1.29 is 25.2 Å². The van der Waals surface area contributed by atoms with Crippen LogP contribution in [0.15, 0.2) is 70.5 Å². The molecule has 0 atom stereocenters. The first-order valence-electron chi connectivity index (χ1n) is 7.78. The molecule has 0 radical (unpaired) electrons. The predicted octanol–water partition coefficient (Wildman–Crippen LogP) is 2.97. The van der Waals surface area contributed by atoms with Crippen molar-refractivity contribution in [2.24, 2.45) is 0 Å². The molecule has 0 aliphatic heterocycles. The van der Waals surface area contributed by atoms with E-state index in [1.807, 2.05) is 13.8 Å². The normalized spacial score (nSPS) is 12.5. The van der Waals surface area contributed by atoms with E-state index in [-0.39, 0.29) is 23.0 Å². The van der Waals surface area contributed by atoms with Crippen LogP contribution >= 0.6 is 0 Å². The lowest BCUT2D eigenvalue weighted by molar-refractivity contribution is 0.345. The summed E-state index contributed by atoms with van der Waals surface area (Å²) in [5.41, 5.74) is 1.88. The molecule has 26 heavy (non-hydrogen) atoms. The smallest absolute Gasteiger partial charge is 0.262 e. The van der Waals surface area contributed by atoms with E-state index in [0.29, 0.717) is 0 Å². The van der Waals surface area contributed by atoms with Crippen molar-refractivity contribution in [3.05, 3.63) is 71.8 Å². The Morgan fingerprint density at radius 1 is 0.654 bits per heavy atom. The first kappa shape index (κ1) is 20.3. The highest BCUT2D eigenvalue weighted by molar-refractivity contribution is 7.87. The second-order valence-electron chi connectivity index (χ2n) is 5.57. The molecule has 0 N–H and O–H groups in total. The molecule has 0 unspecified atom stereocenters. The highest BCUT2D eigenvalue weighted by Gasteiger charge is 2.15. The van der Waals surface area contributed by atoms with E-state index in [4.69, 9.17) is 8.37 Å². The maximum absolute atomic E-state index is 12.0. The minimum Gasteiger partial charge on any atom is -0.262 e. The average Bonchev–Trinajstić information content (AvgIpc) is 2.58. The summed E-state index contributed by atoms with van der Waals surface area (Å²) in [5.74, 6) is 0. The Balaban J connectivity index is 1.84.